The summed E-state index contributed by atoms with van der Waals surface area (Å²) in [5.74, 6) is 39.3. The van der Waals surface area contributed by atoms with Crippen LogP contribution in [-0.4, -0.2) is 19.8 Å². The quantitative estimate of drug-likeness (QED) is 0.621. The molecule has 0 bridgehead atoms. The van der Waals surface area contributed by atoms with Gasteiger partial charge in [0.1, 0.15) is 12.7 Å². The minimum Gasteiger partial charge on any atom is -0.443 e. The predicted molar refractivity (Wildman–Crippen MR) is 136 cm³/mol. The first-order valence-corrected chi connectivity index (χ1v) is 6.95. The Balaban J connectivity index is -0.0000000188. The molecule has 25 heavy (non-hydrogen) atoms. The number of ether oxygens (including phenoxy) is 2. The standard InChI is InChI=1S/C23H12O2.18H2/c1-4-6-7-8-9-10-11-12-13-14-15-16-17-18-19-20-21-25-22-23(5-2)24-3;;;;;;;;;;;;;;;;;;/h1,23H,5,22H2,2-3H3;18*1H. The molecule has 0 saturated carbocycles. The second-order valence-electron chi connectivity index (χ2n) is 3.70. The van der Waals surface area contributed by atoms with Crippen LogP contribution >= 0.6 is 0 Å². The first kappa shape index (κ1) is 20.8. The Morgan fingerprint density at radius 3 is 1.48 bits per heavy atom. The summed E-state index contributed by atoms with van der Waals surface area (Å²) in [6.45, 7) is 2.41. The van der Waals surface area contributed by atoms with Gasteiger partial charge >= 0.3 is 0 Å². The molecule has 0 radical (unpaired) electrons. The smallest absolute Gasteiger partial charge is 0.126 e. The third kappa shape index (κ3) is 16.0. The Morgan fingerprint density at radius 2 is 1.12 bits per heavy atom. The molecule has 0 fully saturated rings. The van der Waals surface area contributed by atoms with Gasteiger partial charge in [-0.3, -0.25) is 0 Å². The van der Waals surface area contributed by atoms with E-state index in [0.29, 0.717) is 6.61 Å². The topological polar surface area (TPSA) is 18.5 Å². The number of hydrogen-bond donors (Lipinski definition) is 0. The van der Waals surface area contributed by atoms with Crippen LogP contribution in [0, 0.1) is 107 Å². The van der Waals surface area contributed by atoms with E-state index in [0.717, 1.165) is 6.42 Å². The van der Waals surface area contributed by atoms with Gasteiger partial charge in [-0.1, -0.05) is 6.92 Å². The molecule has 2 nitrogen and oxygen atoms in total. The van der Waals surface area contributed by atoms with Crippen LogP contribution in [0.25, 0.3) is 0 Å². The van der Waals surface area contributed by atoms with E-state index in [-0.39, 0.29) is 31.8 Å². The third-order valence-corrected chi connectivity index (χ3v) is 2.13. The van der Waals surface area contributed by atoms with Gasteiger partial charge in [-0.05, 0) is 53.8 Å². The Morgan fingerprint density at radius 1 is 0.720 bits per heavy atom. The summed E-state index contributed by atoms with van der Waals surface area (Å²) in [5.41, 5.74) is 0. The molecule has 0 amide bonds. The van der Waals surface area contributed by atoms with E-state index < -0.39 is 0 Å². The second-order valence-corrected chi connectivity index (χ2v) is 3.70. The number of terminal acetylenes is 1. The zero-order chi connectivity index (χ0) is 18.4. The maximum Gasteiger partial charge on any atom is 0.126 e. The summed E-state index contributed by atoms with van der Waals surface area (Å²) in [4.78, 5) is 0. The molecule has 1 atom stereocenters. The fourth-order valence-electron chi connectivity index (χ4n) is 0.991. The lowest BCUT2D eigenvalue weighted by Gasteiger charge is -2.09. The maximum atomic E-state index is 5.13. The average Bonchev–Trinajstić information content (AvgIpc) is 2.64. The molecule has 2 heteroatoms. The lowest BCUT2D eigenvalue weighted by atomic mass is 10.3. The normalized spacial score (nSPS) is 6.92. The molecule has 0 heterocycles. The second kappa shape index (κ2) is 17.9. The van der Waals surface area contributed by atoms with Crippen molar-refractivity contribution in [2.75, 3.05) is 13.7 Å². The van der Waals surface area contributed by atoms with Crippen LogP contribution in [0.2, 0.25) is 0 Å². The minimum absolute atomic E-state index is 0. The first-order valence-electron chi connectivity index (χ1n) is 6.95. The Bertz CT molecular complexity index is 1010. The number of rotatable bonds is 4. The highest BCUT2D eigenvalue weighted by atomic mass is 16.5. The zero-order valence-electron chi connectivity index (χ0n) is 13.9. The zero-order valence-corrected chi connectivity index (χ0v) is 13.9. The van der Waals surface area contributed by atoms with Crippen molar-refractivity contribution < 1.29 is 35.2 Å². The predicted octanol–water partition coefficient (Wildman–Crippen LogP) is 5.47. The molecular weight excluding hydrogens is 308 g/mol. The van der Waals surface area contributed by atoms with Gasteiger partial charge < -0.3 is 9.47 Å². The fraction of sp³-hybridized carbons (Fsp3) is 0.217. The molecule has 0 aromatic heterocycles. The van der Waals surface area contributed by atoms with Gasteiger partial charge in [0.05, 0.1) is 6.10 Å². The van der Waals surface area contributed by atoms with E-state index in [1.165, 1.54) is 0 Å². The van der Waals surface area contributed by atoms with Gasteiger partial charge in [-0.2, -0.15) is 0 Å². The SMILES string of the molecule is C#CC#CC#CC#CC#CC#CC#CC#CC#COCC(CC)OC.[HH].[HH].[HH].[HH].[HH].[HH].[HH].[HH].[HH].[HH].[HH].[HH].[HH].[HH].[HH].[HH].[HH].[HH]. The highest BCUT2D eigenvalue weighted by Gasteiger charge is 2.02. The van der Waals surface area contributed by atoms with E-state index in [2.05, 4.69) is 101 Å². The first-order chi connectivity index (χ1) is 12.3. The summed E-state index contributed by atoms with van der Waals surface area (Å²) in [7, 11) is 1.63. The van der Waals surface area contributed by atoms with E-state index in [1.54, 1.807) is 7.11 Å². The average molecular weight is 357 g/mol. The van der Waals surface area contributed by atoms with Crippen molar-refractivity contribution >= 4 is 0 Å². The molecule has 0 aliphatic heterocycles. The summed E-state index contributed by atoms with van der Waals surface area (Å²) in [5, 5.41) is 0. The van der Waals surface area contributed by atoms with Crippen LogP contribution in [0.15, 0.2) is 0 Å². The lowest BCUT2D eigenvalue weighted by molar-refractivity contribution is 0.0459. The molecule has 0 rings (SSSR count). The molecule has 0 aromatic rings. The number of hydrogen-bond acceptors (Lipinski definition) is 2. The van der Waals surface area contributed by atoms with Crippen molar-refractivity contribution in [1.29, 1.82) is 0 Å². The summed E-state index contributed by atoms with van der Waals surface area (Å²) < 4.78 is 10.2. The highest BCUT2D eigenvalue weighted by molar-refractivity contribution is 5.46. The van der Waals surface area contributed by atoms with Crippen LogP contribution in [0.1, 0.15) is 39.0 Å². The van der Waals surface area contributed by atoms with E-state index in [1.807, 2.05) is 6.92 Å². The van der Waals surface area contributed by atoms with Gasteiger partial charge in [-0.25, -0.2) is 0 Å². The molecule has 0 spiro atoms. The summed E-state index contributed by atoms with van der Waals surface area (Å²) in [6.07, 6.45) is 8.27. The van der Waals surface area contributed by atoms with E-state index in [4.69, 9.17) is 15.9 Å². The van der Waals surface area contributed by atoms with Crippen LogP contribution in [0.5, 0.6) is 0 Å². The van der Waals surface area contributed by atoms with Gasteiger partial charge in [0, 0.05) is 80.2 Å². The van der Waals surface area contributed by atoms with Crippen molar-refractivity contribution in [3.8, 4) is 107 Å². The van der Waals surface area contributed by atoms with Gasteiger partial charge in [0.15, 0.2) is 0 Å². The molecule has 0 N–H and O–H groups in total. The van der Waals surface area contributed by atoms with Crippen molar-refractivity contribution in [2.45, 2.75) is 19.4 Å². The van der Waals surface area contributed by atoms with E-state index >= 15 is 0 Å². The van der Waals surface area contributed by atoms with Crippen molar-refractivity contribution in [1.82, 2.24) is 0 Å². The van der Waals surface area contributed by atoms with Crippen LogP contribution in [0.4, 0.5) is 0 Å². The van der Waals surface area contributed by atoms with Gasteiger partial charge in [-0.15, -0.1) is 6.42 Å². The number of methoxy groups -OCH3 is 1. The molecule has 0 aromatic carbocycles. The van der Waals surface area contributed by atoms with Crippen molar-refractivity contribution in [2.24, 2.45) is 0 Å². The minimum atomic E-state index is 0. The molecule has 152 valence electrons. The summed E-state index contributed by atoms with van der Waals surface area (Å²) in [6, 6.07) is 0. The van der Waals surface area contributed by atoms with Gasteiger partial charge in [0.25, 0.3) is 0 Å². The summed E-state index contributed by atoms with van der Waals surface area (Å²) >= 11 is 0. The Kier molecular flexibility index (Phi) is 14.9. The Hall–Kier alpha value is -4.20. The molecule has 0 aliphatic carbocycles. The molecular formula is C23H48O2. The van der Waals surface area contributed by atoms with Crippen LogP contribution in [-0.2, 0) is 9.47 Å². The largest absolute Gasteiger partial charge is 0.443 e. The van der Waals surface area contributed by atoms with Crippen molar-refractivity contribution in [3.05, 3.63) is 0 Å². The van der Waals surface area contributed by atoms with Crippen LogP contribution < -0.4 is 0 Å². The molecule has 1 unspecified atom stereocenters. The van der Waals surface area contributed by atoms with Crippen molar-refractivity contribution in [3.63, 3.8) is 0 Å². The lowest BCUT2D eigenvalue weighted by Crippen LogP contribution is -2.15. The van der Waals surface area contributed by atoms with E-state index in [9.17, 15) is 0 Å². The van der Waals surface area contributed by atoms with Gasteiger partial charge in [0.2, 0.25) is 0 Å². The van der Waals surface area contributed by atoms with Crippen LogP contribution in [0.3, 0.4) is 0 Å². The molecule has 0 aliphatic rings. The monoisotopic (exact) mass is 356 g/mol. The maximum absolute atomic E-state index is 5.13. The third-order valence-electron chi connectivity index (χ3n) is 2.13. The Labute approximate surface area is 177 Å². The fourth-order valence-corrected chi connectivity index (χ4v) is 0.991. The molecule has 0 saturated heterocycles. The highest BCUT2D eigenvalue weighted by Crippen LogP contribution is 1.95.